The molecule has 2 aromatic rings. The normalized spacial score (nSPS) is 10.1. The number of nitrogens with zero attached hydrogens (tertiary/aromatic N) is 1. The summed E-state index contributed by atoms with van der Waals surface area (Å²) < 4.78 is 9.73. The molecule has 10 nitrogen and oxygen atoms in total. The molecule has 0 aliphatic rings. The lowest BCUT2D eigenvalue weighted by Gasteiger charge is -2.07. The number of amides is 1. The minimum atomic E-state index is -0.765. The van der Waals surface area contributed by atoms with E-state index in [9.17, 15) is 29.3 Å². The van der Waals surface area contributed by atoms with Crippen LogP contribution in [0.4, 0.5) is 11.4 Å². The summed E-state index contributed by atoms with van der Waals surface area (Å²) >= 11 is 0. The average molecular weight is 428 g/mol. The number of carbonyl (C=O) groups excluding carboxylic acids is 4. The number of nitro benzene ring substituents is 1. The number of benzene rings is 2. The number of nitrogens with one attached hydrogen (secondary N) is 1. The predicted molar refractivity (Wildman–Crippen MR) is 109 cm³/mol. The van der Waals surface area contributed by atoms with Crippen molar-refractivity contribution in [3.05, 3.63) is 63.7 Å². The van der Waals surface area contributed by atoms with Crippen LogP contribution >= 0.6 is 0 Å². The minimum absolute atomic E-state index is 0.0290. The molecule has 10 heteroatoms. The first-order valence-electron chi connectivity index (χ1n) is 9.18. The van der Waals surface area contributed by atoms with Crippen molar-refractivity contribution in [3.63, 3.8) is 0 Å². The number of hydrogen-bond acceptors (Lipinski definition) is 8. The summed E-state index contributed by atoms with van der Waals surface area (Å²) in [5.74, 6) is -2.05. The van der Waals surface area contributed by atoms with E-state index >= 15 is 0 Å². The van der Waals surface area contributed by atoms with Crippen LogP contribution in [0.1, 0.15) is 35.7 Å². The Balaban J connectivity index is 1.80. The van der Waals surface area contributed by atoms with E-state index in [2.05, 4.69) is 5.32 Å². The van der Waals surface area contributed by atoms with Crippen LogP contribution in [0.3, 0.4) is 0 Å². The van der Waals surface area contributed by atoms with Crippen LogP contribution in [0.2, 0.25) is 0 Å². The molecule has 0 aliphatic carbocycles. The van der Waals surface area contributed by atoms with Crippen molar-refractivity contribution in [2.45, 2.75) is 26.7 Å². The lowest BCUT2D eigenvalue weighted by atomic mass is 10.1. The topological polar surface area (TPSA) is 142 Å². The molecular weight excluding hydrogens is 408 g/mol. The van der Waals surface area contributed by atoms with Gasteiger partial charge in [-0.15, -0.1) is 0 Å². The number of anilines is 1. The van der Waals surface area contributed by atoms with Gasteiger partial charge in [0.1, 0.15) is 11.4 Å². The van der Waals surface area contributed by atoms with E-state index in [1.54, 1.807) is 13.0 Å². The van der Waals surface area contributed by atoms with Gasteiger partial charge in [0.15, 0.2) is 12.4 Å². The smallest absolute Gasteiger partial charge is 0.308 e. The number of esters is 2. The van der Waals surface area contributed by atoms with Crippen molar-refractivity contribution in [2.24, 2.45) is 0 Å². The Kier molecular flexibility index (Phi) is 7.95. The zero-order valence-electron chi connectivity index (χ0n) is 16.9. The van der Waals surface area contributed by atoms with Crippen LogP contribution in [0.15, 0.2) is 42.5 Å². The highest BCUT2D eigenvalue weighted by Crippen LogP contribution is 2.25. The summed E-state index contributed by atoms with van der Waals surface area (Å²) in [5.41, 5.74) is 0.703. The molecule has 0 bridgehead atoms. The van der Waals surface area contributed by atoms with Crippen molar-refractivity contribution in [2.75, 3.05) is 11.9 Å². The number of aryl methyl sites for hydroxylation is 1. The molecule has 31 heavy (non-hydrogen) atoms. The summed E-state index contributed by atoms with van der Waals surface area (Å²) in [5, 5.41) is 13.5. The molecular formula is C21H20N2O8. The van der Waals surface area contributed by atoms with Gasteiger partial charge >= 0.3 is 11.9 Å². The van der Waals surface area contributed by atoms with Crippen LogP contribution in [-0.4, -0.2) is 35.2 Å². The zero-order valence-corrected chi connectivity index (χ0v) is 16.9. The van der Waals surface area contributed by atoms with Gasteiger partial charge in [0.25, 0.3) is 5.69 Å². The van der Waals surface area contributed by atoms with Gasteiger partial charge in [-0.1, -0.05) is 6.07 Å². The van der Waals surface area contributed by atoms with Crippen molar-refractivity contribution in [3.8, 4) is 5.75 Å². The van der Waals surface area contributed by atoms with Gasteiger partial charge in [0.05, 0.1) is 11.3 Å². The summed E-state index contributed by atoms with van der Waals surface area (Å²) in [7, 11) is 0. The first-order valence-corrected chi connectivity index (χ1v) is 9.18. The number of hydrogen-bond donors (Lipinski definition) is 1. The van der Waals surface area contributed by atoms with Gasteiger partial charge in [0.2, 0.25) is 5.91 Å². The maximum absolute atomic E-state index is 12.1. The fourth-order valence-electron chi connectivity index (χ4n) is 2.50. The molecule has 0 aromatic heterocycles. The third-order valence-corrected chi connectivity index (χ3v) is 3.98. The molecule has 0 saturated carbocycles. The Labute approximate surface area is 177 Å². The Bertz CT molecular complexity index is 1010. The molecule has 0 fully saturated rings. The number of ketones is 1. The molecule has 0 saturated heterocycles. The standard InChI is InChI=1S/C21H20N2O8/c1-13-3-8-17(18(11-13)23(28)29)22-20(26)9-10-21(27)30-12-19(25)15-4-6-16(7-5-15)31-14(2)24/h3-8,11H,9-10,12H2,1-2H3,(H,22,26). The highest BCUT2D eigenvalue weighted by atomic mass is 16.6. The Hall–Kier alpha value is -4.08. The van der Waals surface area contributed by atoms with E-state index in [4.69, 9.17) is 9.47 Å². The Morgan fingerprint density at radius 2 is 1.71 bits per heavy atom. The second kappa shape index (κ2) is 10.6. The Morgan fingerprint density at radius 1 is 1.03 bits per heavy atom. The molecule has 1 N–H and O–H groups in total. The molecule has 0 atom stereocenters. The molecule has 0 aliphatic heterocycles. The quantitative estimate of drug-likeness (QED) is 0.211. The van der Waals surface area contributed by atoms with Crippen LogP contribution in [0.5, 0.6) is 5.75 Å². The van der Waals surface area contributed by atoms with Gasteiger partial charge in [-0.3, -0.25) is 29.3 Å². The van der Waals surface area contributed by atoms with Crippen LogP contribution in [-0.2, 0) is 19.1 Å². The summed E-state index contributed by atoms with van der Waals surface area (Å²) in [4.78, 5) is 57.2. The third-order valence-electron chi connectivity index (χ3n) is 3.98. The number of carbonyl (C=O) groups is 4. The highest BCUT2D eigenvalue weighted by Gasteiger charge is 2.17. The maximum atomic E-state index is 12.1. The van der Waals surface area contributed by atoms with Crippen LogP contribution < -0.4 is 10.1 Å². The van der Waals surface area contributed by atoms with E-state index in [1.807, 2.05) is 0 Å². The largest absolute Gasteiger partial charge is 0.457 e. The average Bonchev–Trinajstić information content (AvgIpc) is 2.71. The van der Waals surface area contributed by atoms with Gasteiger partial charge < -0.3 is 14.8 Å². The number of nitro groups is 1. The van der Waals surface area contributed by atoms with E-state index < -0.39 is 35.2 Å². The molecule has 2 aromatic carbocycles. The summed E-state index contributed by atoms with van der Waals surface area (Å²) in [6, 6.07) is 10.1. The summed E-state index contributed by atoms with van der Waals surface area (Å²) in [6.45, 7) is 2.42. The lowest BCUT2D eigenvalue weighted by Crippen LogP contribution is -2.18. The zero-order chi connectivity index (χ0) is 23.0. The van der Waals surface area contributed by atoms with Gasteiger partial charge in [0, 0.05) is 25.0 Å². The Morgan fingerprint density at radius 3 is 2.32 bits per heavy atom. The van der Waals surface area contributed by atoms with Crippen LogP contribution in [0, 0.1) is 17.0 Å². The second-order valence-corrected chi connectivity index (χ2v) is 6.53. The van der Waals surface area contributed by atoms with Gasteiger partial charge in [-0.2, -0.15) is 0 Å². The molecule has 1 amide bonds. The maximum Gasteiger partial charge on any atom is 0.308 e. The number of ether oxygens (including phenoxy) is 2. The van der Waals surface area contributed by atoms with E-state index in [0.29, 0.717) is 5.56 Å². The lowest BCUT2D eigenvalue weighted by molar-refractivity contribution is -0.384. The minimum Gasteiger partial charge on any atom is -0.457 e. The predicted octanol–water partition coefficient (Wildman–Crippen LogP) is 2.97. The van der Waals surface area contributed by atoms with Crippen LogP contribution in [0.25, 0.3) is 0 Å². The molecule has 2 rings (SSSR count). The number of rotatable bonds is 9. The first-order chi connectivity index (χ1) is 14.7. The molecule has 162 valence electrons. The van der Waals surface area contributed by atoms with Crippen molar-refractivity contribution in [1.29, 1.82) is 0 Å². The second-order valence-electron chi connectivity index (χ2n) is 6.53. The SMILES string of the molecule is CC(=O)Oc1ccc(C(=O)COC(=O)CCC(=O)Nc2ccc(C)cc2[N+](=O)[O-])cc1. The summed E-state index contributed by atoms with van der Waals surface area (Å²) in [6.07, 6.45) is -0.570. The molecule has 0 unspecified atom stereocenters. The fourth-order valence-corrected chi connectivity index (χ4v) is 2.50. The fraction of sp³-hybridized carbons (Fsp3) is 0.238. The molecule has 0 heterocycles. The van der Waals surface area contributed by atoms with E-state index in [0.717, 1.165) is 0 Å². The first kappa shape index (κ1) is 23.2. The van der Waals surface area contributed by atoms with E-state index in [-0.39, 0.29) is 35.5 Å². The monoisotopic (exact) mass is 428 g/mol. The molecule has 0 radical (unpaired) electrons. The third kappa shape index (κ3) is 7.35. The van der Waals surface area contributed by atoms with Crippen molar-refractivity contribution >= 4 is 35.0 Å². The van der Waals surface area contributed by atoms with Gasteiger partial charge in [-0.05, 0) is 42.8 Å². The highest BCUT2D eigenvalue weighted by molar-refractivity contribution is 5.98. The molecule has 0 spiro atoms. The number of Topliss-reactive ketones (excluding diaryl/α,β-unsaturated/α-hetero) is 1. The van der Waals surface area contributed by atoms with E-state index in [1.165, 1.54) is 43.3 Å². The van der Waals surface area contributed by atoms with Gasteiger partial charge in [-0.25, -0.2) is 0 Å². The van der Waals surface area contributed by atoms with Crippen molar-refractivity contribution < 1.29 is 33.6 Å². The van der Waals surface area contributed by atoms with Crippen molar-refractivity contribution in [1.82, 2.24) is 0 Å².